The molecule has 0 saturated heterocycles. The zero-order valence-corrected chi connectivity index (χ0v) is 7.55. The van der Waals surface area contributed by atoms with Crippen LogP contribution >= 0.6 is 11.6 Å². The first kappa shape index (κ1) is 9.00. The molecule has 1 heterocycles. The fourth-order valence-corrected chi connectivity index (χ4v) is 0.868. The minimum atomic E-state index is -0.449. The standard InChI is InChI=1S/C8H8ClNO2/c1-5-6(9)3-4-7(10-5)8(11)12-2/h3-4H,1-2H3. The third-order valence-corrected chi connectivity index (χ3v) is 1.82. The number of pyridine rings is 1. The maximum atomic E-state index is 10.9. The van der Waals surface area contributed by atoms with E-state index in [1.807, 2.05) is 0 Å². The highest BCUT2D eigenvalue weighted by molar-refractivity contribution is 6.31. The molecular weight excluding hydrogens is 178 g/mol. The molecule has 3 nitrogen and oxygen atoms in total. The van der Waals surface area contributed by atoms with Crippen LogP contribution in [-0.4, -0.2) is 18.1 Å². The molecule has 64 valence electrons. The average molecular weight is 186 g/mol. The van der Waals surface area contributed by atoms with Crippen molar-refractivity contribution >= 4 is 17.6 Å². The summed E-state index contributed by atoms with van der Waals surface area (Å²) < 4.78 is 4.49. The van der Waals surface area contributed by atoms with Crippen molar-refractivity contribution in [1.29, 1.82) is 0 Å². The number of aryl methyl sites for hydroxylation is 1. The van der Waals surface area contributed by atoms with E-state index in [1.54, 1.807) is 13.0 Å². The van der Waals surface area contributed by atoms with E-state index in [4.69, 9.17) is 11.6 Å². The summed E-state index contributed by atoms with van der Waals surface area (Å²) in [6.45, 7) is 1.73. The molecule has 1 rings (SSSR count). The first-order chi connectivity index (χ1) is 5.65. The number of ether oxygens (including phenoxy) is 1. The van der Waals surface area contributed by atoms with Crippen molar-refractivity contribution in [3.05, 3.63) is 28.5 Å². The van der Waals surface area contributed by atoms with Crippen molar-refractivity contribution in [2.45, 2.75) is 6.92 Å². The van der Waals surface area contributed by atoms with Crippen molar-refractivity contribution in [1.82, 2.24) is 4.98 Å². The van der Waals surface area contributed by atoms with Crippen LogP contribution in [-0.2, 0) is 4.74 Å². The molecule has 0 fully saturated rings. The van der Waals surface area contributed by atoms with Crippen molar-refractivity contribution in [3.8, 4) is 0 Å². The maximum Gasteiger partial charge on any atom is 0.356 e. The number of esters is 1. The molecular formula is C8H8ClNO2. The van der Waals surface area contributed by atoms with Gasteiger partial charge in [-0.25, -0.2) is 9.78 Å². The molecule has 0 saturated carbocycles. The van der Waals surface area contributed by atoms with Crippen LogP contribution in [0.25, 0.3) is 0 Å². The molecule has 4 heteroatoms. The average Bonchev–Trinajstić information content (AvgIpc) is 2.08. The SMILES string of the molecule is COC(=O)c1ccc(Cl)c(C)n1. The number of rotatable bonds is 1. The van der Waals surface area contributed by atoms with Gasteiger partial charge in [0.15, 0.2) is 0 Å². The van der Waals surface area contributed by atoms with Crippen LogP contribution in [0.2, 0.25) is 5.02 Å². The molecule has 0 unspecified atom stereocenters. The molecule has 0 aliphatic heterocycles. The van der Waals surface area contributed by atoms with Gasteiger partial charge in [0.2, 0.25) is 0 Å². The zero-order valence-electron chi connectivity index (χ0n) is 6.80. The molecule has 0 atom stereocenters. The van der Waals surface area contributed by atoms with E-state index in [2.05, 4.69) is 9.72 Å². The predicted octanol–water partition coefficient (Wildman–Crippen LogP) is 1.83. The highest BCUT2D eigenvalue weighted by Crippen LogP contribution is 2.12. The van der Waals surface area contributed by atoms with E-state index in [0.717, 1.165) is 0 Å². The van der Waals surface area contributed by atoms with Crippen molar-refractivity contribution in [3.63, 3.8) is 0 Å². The molecule has 0 aliphatic rings. The normalized spacial score (nSPS) is 9.58. The van der Waals surface area contributed by atoms with Crippen LogP contribution in [0.3, 0.4) is 0 Å². The molecule has 12 heavy (non-hydrogen) atoms. The summed E-state index contributed by atoms with van der Waals surface area (Å²) in [5.41, 5.74) is 0.902. The minimum absolute atomic E-state index is 0.277. The Balaban J connectivity index is 3.05. The van der Waals surface area contributed by atoms with Crippen molar-refractivity contribution in [2.24, 2.45) is 0 Å². The van der Waals surface area contributed by atoms with Gasteiger partial charge in [-0.1, -0.05) is 11.6 Å². The summed E-state index contributed by atoms with van der Waals surface area (Å²) in [6, 6.07) is 3.15. The van der Waals surface area contributed by atoms with Crippen LogP contribution in [0.4, 0.5) is 0 Å². The first-order valence-electron chi connectivity index (χ1n) is 3.36. The van der Waals surface area contributed by atoms with Gasteiger partial charge >= 0.3 is 5.97 Å². The Kier molecular flexibility index (Phi) is 2.65. The molecule has 0 N–H and O–H groups in total. The minimum Gasteiger partial charge on any atom is -0.464 e. The van der Waals surface area contributed by atoms with Gasteiger partial charge in [-0.05, 0) is 19.1 Å². The highest BCUT2D eigenvalue weighted by Gasteiger charge is 2.07. The topological polar surface area (TPSA) is 39.2 Å². The summed E-state index contributed by atoms with van der Waals surface area (Å²) in [4.78, 5) is 14.9. The molecule has 0 aliphatic carbocycles. The Labute approximate surface area is 75.3 Å². The second-order valence-corrected chi connectivity index (χ2v) is 2.66. The number of methoxy groups -OCH3 is 1. The largest absolute Gasteiger partial charge is 0.464 e. The number of carbonyl (C=O) groups is 1. The molecule has 0 radical (unpaired) electrons. The van der Waals surface area contributed by atoms with E-state index >= 15 is 0 Å². The van der Waals surface area contributed by atoms with E-state index in [9.17, 15) is 4.79 Å². The number of carbonyl (C=O) groups excluding carboxylic acids is 1. The second-order valence-electron chi connectivity index (χ2n) is 2.26. The number of hydrogen-bond donors (Lipinski definition) is 0. The summed E-state index contributed by atoms with van der Waals surface area (Å²) >= 11 is 5.71. The van der Waals surface area contributed by atoms with Crippen LogP contribution in [0.15, 0.2) is 12.1 Å². The Morgan fingerprint density at radius 3 is 2.75 bits per heavy atom. The number of hydrogen-bond acceptors (Lipinski definition) is 3. The summed E-state index contributed by atoms with van der Waals surface area (Å²) in [5, 5.41) is 0.544. The number of aromatic nitrogens is 1. The van der Waals surface area contributed by atoms with E-state index < -0.39 is 5.97 Å². The van der Waals surface area contributed by atoms with Gasteiger partial charge in [0.25, 0.3) is 0 Å². The quantitative estimate of drug-likeness (QED) is 0.627. The van der Waals surface area contributed by atoms with Gasteiger partial charge < -0.3 is 4.74 Å². The Hall–Kier alpha value is -1.09. The van der Waals surface area contributed by atoms with Crippen LogP contribution in [0.1, 0.15) is 16.2 Å². The third-order valence-electron chi connectivity index (χ3n) is 1.42. The molecule has 1 aromatic heterocycles. The zero-order chi connectivity index (χ0) is 9.14. The highest BCUT2D eigenvalue weighted by atomic mass is 35.5. The lowest BCUT2D eigenvalue weighted by Gasteiger charge is -2.00. The summed E-state index contributed by atoms with van der Waals surface area (Å²) in [7, 11) is 1.31. The molecule has 1 aromatic rings. The summed E-state index contributed by atoms with van der Waals surface area (Å²) in [6.07, 6.45) is 0. The van der Waals surface area contributed by atoms with Gasteiger partial charge in [0.05, 0.1) is 17.8 Å². The number of nitrogens with zero attached hydrogens (tertiary/aromatic N) is 1. The fourth-order valence-electron chi connectivity index (χ4n) is 0.762. The number of halogens is 1. The first-order valence-corrected chi connectivity index (χ1v) is 3.74. The van der Waals surface area contributed by atoms with Crippen molar-refractivity contribution in [2.75, 3.05) is 7.11 Å². The summed E-state index contributed by atoms with van der Waals surface area (Å²) in [5.74, 6) is -0.449. The van der Waals surface area contributed by atoms with Crippen LogP contribution in [0.5, 0.6) is 0 Å². The van der Waals surface area contributed by atoms with Gasteiger partial charge in [-0.15, -0.1) is 0 Å². The van der Waals surface area contributed by atoms with Crippen molar-refractivity contribution < 1.29 is 9.53 Å². The van der Waals surface area contributed by atoms with Gasteiger partial charge in [0, 0.05) is 0 Å². The Morgan fingerprint density at radius 2 is 2.25 bits per heavy atom. The molecule has 0 bridgehead atoms. The van der Waals surface area contributed by atoms with E-state index in [-0.39, 0.29) is 5.69 Å². The molecule has 0 aromatic carbocycles. The van der Waals surface area contributed by atoms with Gasteiger partial charge in [0.1, 0.15) is 5.69 Å². The molecule has 0 spiro atoms. The van der Waals surface area contributed by atoms with Gasteiger partial charge in [-0.3, -0.25) is 0 Å². The fraction of sp³-hybridized carbons (Fsp3) is 0.250. The second kappa shape index (κ2) is 3.54. The lowest BCUT2D eigenvalue weighted by atomic mass is 10.3. The Morgan fingerprint density at radius 1 is 1.58 bits per heavy atom. The van der Waals surface area contributed by atoms with E-state index in [1.165, 1.54) is 13.2 Å². The van der Waals surface area contributed by atoms with Crippen LogP contribution in [0, 0.1) is 6.92 Å². The predicted molar refractivity (Wildman–Crippen MR) is 45.3 cm³/mol. The lowest BCUT2D eigenvalue weighted by Crippen LogP contribution is -2.04. The third kappa shape index (κ3) is 1.74. The smallest absolute Gasteiger partial charge is 0.356 e. The maximum absolute atomic E-state index is 10.9. The van der Waals surface area contributed by atoms with E-state index in [0.29, 0.717) is 10.7 Å². The Bertz CT molecular complexity index is 312. The van der Waals surface area contributed by atoms with Gasteiger partial charge in [-0.2, -0.15) is 0 Å². The molecule has 0 amide bonds. The lowest BCUT2D eigenvalue weighted by molar-refractivity contribution is 0.0594. The van der Waals surface area contributed by atoms with Crippen LogP contribution < -0.4 is 0 Å². The monoisotopic (exact) mass is 185 g/mol.